The average molecular weight is 231 g/mol. The maximum atomic E-state index is 7.75. The lowest BCUT2D eigenvalue weighted by molar-refractivity contribution is 0.158. The second kappa shape index (κ2) is 5.32. The zero-order valence-electron chi connectivity index (χ0n) is 10.4. The predicted octanol–water partition coefficient (Wildman–Crippen LogP) is 2.19. The fraction of sp³-hybridized carbons (Fsp3) is 0.500. The van der Waals surface area contributed by atoms with Crippen molar-refractivity contribution in [3.05, 3.63) is 35.9 Å². The Balaban J connectivity index is 2.05. The van der Waals surface area contributed by atoms with Gasteiger partial charge in [-0.25, -0.2) is 0 Å². The van der Waals surface area contributed by atoms with E-state index in [2.05, 4.69) is 24.1 Å². The van der Waals surface area contributed by atoms with Crippen molar-refractivity contribution in [1.29, 1.82) is 5.41 Å². The lowest BCUT2D eigenvalue weighted by Gasteiger charge is -2.36. The van der Waals surface area contributed by atoms with Crippen LogP contribution in [0.2, 0.25) is 0 Å². The van der Waals surface area contributed by atoms with Crippen molar-refractivity contribution < 1.29 is 0 Å². The number of nitrogens with zero attached hydrogens (tertiary/aromatic N) is 1. The molecule has 1 aliphatic rings. The molecule has 0 spiro atoms. The Labute approximate surface area is 103 Å². The molecule has 0 aliphatic heterocycles. The van der Waals surface area contributed by atoms with Crippen molar-refractivity contribution in [1.82, 2.24) is 4.90 Å². The fourth-order valence-corrected chi connectivity index (χ4v) is 2.33. The van der Waals surface area contributed by atoms with Gasteiger partial charge in [-0.3, -0.25) is 5.41 Å². The first-order chi connectivity index (χ1) is 8.18. The molecule has 0 saturated heterocycles. The second-order valence-corrected chi connectivity index (χ2v) is 4.94. The van der Waals surface area contributed by atoms with Crippen LogP contribution < -0.4 is 5.73 Å². The number of likely N-dealkylation sites (N-methyl/N-ethyl adjacent to an activating group) is 1. The number of benzene rings is 1. The smallest absolute Gasteiger partial charge is 0.0995 e. The molecule has 3 N–H and O–H groups in total. The van der Waals surface area contributed by atoms with Gasteiger partial charge in [0.25, 0.3) is 0 Å². The van der Waals surface area contributed by atoms with Gasteiger partial charge in [-0.2, -0.15) is 0 Å². The number of hydrogen-bond donors (Lipinski definition) is 2. The normalized spacial score (nSPS) is 17.8. The van der Waals surface area contributed by atoms with Gasteiger partial charge in [-0.15, -0.1) is 0 Å². The first kappa shape index (κ1) is 12.1. The molecule has 1 atom stereocenters. The lowest BCUT2D eigenvalue weighted by atomic mass is 9.90. The fourth-order valence-electron chi connectivity index (χ4n) is 2.33. The summed E-state index contributed by atoms with van der Waals surface area (Å²) >= 11 is 0. The zero-order chi connectivity index (χ0) is 12.3. The third-order valence-corrected chi connectivity index (χ3v) is 3.75. The minimum absolute atomic E-state index is 0.0294. The second-order valence-electron chi connectivity index (χ2n) is 4.94. The van der Waals surface area contributed by atoms with E-state index in [9.17, 15) is 0 Å². The number of rotatable bonds is 5. The Kier molecular flexibility index (Phi) is 3.79. The molecule has 1 saturated carbocycles. The van der Waals surface area contributed by atoms with Crippen LogP contribution >= 0.6 is 0 Å². The summed E-state index contributed by atoms with van der Waals surface area (Å²) in [6, 6.07) is 10.8. The molecule has 3 heteroatoms. The van der Waals surface area contributed by atoms with Crippen LogP contribution in [0, 0.1) is 5.41 Å². The summed E-state index contributed by atoms with van der Waals surface area (Å²) in [6.07, 6.45) is 3.91. The van der Waals surface area contributed by atoms with Gasteiger partial charge in [0.2, 0.25) is 0 Å². The molecule has 0 aromatic heterocycles. The molecular formula is C14H21N3. The maximum absolute atomic E-state index is 7.75. The van der Waals surface area contributed by atoms with E-state index in [0.29, 0.717) is 6.04 Å². The van der Waals surface area contributed by atoms with E-state index in [1.54, 1.807) is 0 Å². The van der Waals surface area contributed by atoms with Crippen molar-refractivity contribution in [2.45, 2.75) is 31.2 Å². The van der Waals surface area contributed by atoms with E-state index in [1.165, 1.54) is 19.3 Å². The van der Waals surface area contributed by atoms with Crippen LogP contribution in [0.25, 0.3) is 0 Å². The summed E-state index contributed by atoms with van der Waals surface area (Å²) in [4.78, 5) is 2.35. The lowest BCUT2D eigenvalue weighted by Crippen LogP contribution is -2.41. The van der Waals surface area contributed by atoms with Gasteiger partial charge in [0.15, 0.2) is 0 Å². The zero-order valence-corrected chi connectivity index (χ0v) is 10.4. The molecule has 0 amide bonds. The highest BCUT2D eigenvalue weighted by molar-refractivity contribution is 5.84. The molecule has 1 aliphatic carbocycles. The predicted molar refractivity (Wildman–Crippen MR) is 71.4 cm³/mol. The van der Waals surface area contributed by atoms with E-state index in [4.69, 9.17) is 11.1 Å². The SMILES string of the molecule is CN(CC(C(=N)N)c1ccccc1)C1CCC1. The Bertz CT molecular complexity index is 370. The summed E-state index contributed by atoms with van der Waals surface area (Å²) < 4.78 is 0. The molecule has 1 fully saturated rings. The quantitative estimate of drug-likeness (QED) is 0.603. The molecule has 0 bridgehead atoms. The number of nitrogens with one attached hydrogen (secondary N) is 1. The van der Waals surface area contributed by atoms with Crippen molar-refractivity contribution >= 4 is 5.84 Å². The van der Waals surface area contributed by atoms with Crippen LogP contribution in [-0.4, -0.2) is 30.4 Å². The number of hydrogen-bond acceptors (Lipinski definition) is 2. The standard InChI is InChI=1S/C14H21N3/c1-17(12-8-5-9-12)10-13(14(15)16)11-6-3-2-4-7-11/h2-4,6-7,12-13H,5,8-10H2,1H3,(H3,15,16). The number of nitrogens with two attached hydrogens (primary N) is 1. The van der Waals surface area contributed by atoms with Gasteiger partial charge < -0.3 is 10.6 Å². The molecule has 3 nitrogen and oxygen atoms in total. The van der Waals surface area contributed by atoms with Crippen LogP contribution in [0.3, 0.4) is 0 Å². The molecule has 17 heavy (non-hydrogen) atoms. The van der Waals surface area contributed by atoms with E-state index in [-0.39, 0.29) is 11.8 Å². The summed E-state index contributed by atoms with van der Waals surface area (Å²) in [5.41, 5.74) is 6.88. The Morgan fingerprint density at radius 3 is 2.53 bits per heavy atom. The minimum Gasteiger partial charge on any atom is -0.387 e. The first-order valence-corrected chi connectivity index (χ1v) is 6.27. The average Bonchev–Trinajstić information content (AvgIpc) is 2.24. The van der Waals surface area contributed by atoms with E-state index in [1.807, 2.05) is 18.2 Å². The monoisotopic (exact) mass is 231 g/mol. The Morgan fingerprint density at radius 1 is 1.41 bits per heavy atom. The van der Waals surface area contributed by atoms with Crippen molar-refractivity contribution in [2.24, 2.45) is 5.73 Å². The van der Waals surface area contributed by atoms with Gasteiger partial charge in [0.1, 0.15) is 0 Å². The molecular weight excluding hydrogens is 210 g/mol. The van der Waals surface area contributed by atoms with E-state index >= 15 is 0 Å². The largest absolute Gasteiger partial charge is 0.387 e. The number of amidine groups is 1. The van der Waals surface area contributed by atoms with Crippen molar-refractivity contribution in [3.63, 3.8) is 0 Å². The Hall–Kier alpha value is -1.35. The third-order valence-electron chi connectivity index (χ3n) is 3.75. The minimum atomic E-state index is 0.0294. The van der Waals surface area contributed by atoms with Crippen LogP contribution in [0.4, 0.5) is 0 Å². The third kappa shape index (κ3) is 2.86. The highest BCUT2D eigenvalue weighted by atomic mass is 15.1. The molecule has 92 valence electrons. The molecule has 1 unspecified atom stereocenters. The maximum Gasteiger partial charge on any atom is 0.0995 e. The van der Waals surface area contributed by atoms with Crippen molar-refractivity contribution in [3.8, 4) is 0 Å². The Morgan fingerprint density at radius 2 is 2.06 bits per heavy atom. The topological polar surface area (TPSA) is 53.1 Å². The van der Waals surface area contributed by atoms with E-state index < -0.39 is 0 Å². The van der Waals surface area contributed by atoms with Gasteiger partial charge in [0.05, 0.1) is 11.8 Å². The summed E-state index contributed by atoms with van der Waals surface area (Å²) in [7, 11) is 2.14. The van der Waals surface area contributed by atoms with Gasteiger partial charge in [-0.05, 0) is 25.5 Å². The molecule has 2 rings (SSSR count). The van der Waals surface area contributed by atoms with Crippen LogP contribution in [0.5, 0.6) is 0 Å². The van der Waals surface area contributed by atoms with Gasteiger partial charge >= 0.3 is 0 Å². The van der Waals surface area contributed by atoms with Crippen molar-refractivity contribution in [2.75, 3.05) is 13.6 Å². The van der Waals surface area contributed by atoms with Gasteiger partial charge in [0, 0.05) is 12.6 Å². The highest BCUT2D eigenvalue weighted by Crippen LogP contribution is 2.26. The molecule has 1 aromatic carbocycles. The molecule has 1 aromatic rings. The first-order valence-electron chi connectivity index (χ1n) is 6.27. The summed E-state index contributed by atoms with van der Waals surface area (Å²) in [5.74, 6) is 0.296. The molecule has 0 radical (unpaired) electrons. The van der Waals surface area contributed by atoms with Gasteiger partial charge in [-0.1, -0.05) is 36.8 Å². The van der Waals surface area contributed by atoms with E-state index in [0.717, 1.165) is 12.1 Å². The van der Waals surface area contributed by atoms with Crippen LogP contribution in [-0.2, 0) is 0 Å². The summed E-state index contributed by atoms with van der Waals surface area (Å²) in [5, 5.41) is 7.75. The summed E-state index contributed by atoms with van der Waals surface area (Å²) in [6.45, 7) is 0.851. The van der Waals surface area contributed by atoms with Crippen LogP contribution in [0.1, 0.15) is 30.7 Å². The molecule has 0 heterocycles. The van der Waals surface area contributed by atoms with Crippen LogP contribution in [0.15, 0.2) is 30.3 Å². The highest BCUT2D eigenvalue weighted by Gasteiger charge is 2.25.